The van der Waals surface area contributed by atoms with Gasteiger partial charge in [-0.3, -0.25) is 0 Å². The van der Waals surface area contributed by atoms with Crippen molar-refractivity contribution in [1.29, 1.82) is 0 Å². The molecule has 1 aromatic carbocycles. The van der Waals surface area contributed by atoms with Gasteiger partial charge in [-0.25, -0.2) is 4.39 Å². The topological polar surface area (TPSA) is 30.5 Å². The van der Waals surface area contributed by atoms with Gasteiger partial charge in [-0.05, 0) is 26.3 Å². The summed E-state index contributed by atoms with van der Waals surface area (Å²) in [6.07, 6.45) is 1.11. The third kappa shape index (κ3) is 3.14. The number of nitrogens with one attached hydrogen (secondary N) is 1. The highest BCUT2D eigenvalue weighted by Gasteiger charge is 2.42. The second-order valence-electron chi connectivity index (χ2n) is 4.95. The third-order valence-electron chi connectivity index (χ3n) is 3.74. The maximum Gasteiger partial charge on any atom is 0.127 e. The van der Waals surface area contributed by atoms with E-state index >= 15 is 0 Å². The van der Waals surface area contributed by atoms with Crippen molar-refractivity contribution in [3.8, 4) is 0 Å². The molecule has 1 fully saturated rings. The molecule has 0 heterocycles. The molecule has 1 aromatic rings. The molecule has 1 N–H and O–H groups in total. The summed E-state index contributed by atoms with van der Waals surface area (Å²) in [6.45, 7) is 4.65. The zero-order chi connectivity index (χ0) is 13.8. The van der Waals surface area contributed by atoms with Crippen LogP contribution >= 0.6 is 0 Å². The number of halogens is 1. The minimum Gasteiger partial charge on any atom is -0.377 e. The van der Waals surface area contributed by atoms with Gasteiger partial charge in [0, 0.05) is 31.4 Å². The van der Waals surface area contributed by atoms with Gasteiger partial charge in [0.15, 0.2) is 0 Å². The first-order valence-electron chi connectivity index (χ1n) is 6.82. The molecule has 4 heteroatoms. The summed E-state index contributed by atoms with van der Waals surface area (Å²) in [4.78, 5) is 0. The molecule has 4 unspecified atom stereocenters. The van der Waals surface area contributed by atoms with E-state index in [9.17, 15) is 4.39 Å². The molecule has 0 amide bonds. The van der Waals surface area contributed by atoms with Crippen LogP contribution in [-0.4, -0.2) is 32.0 Å². The van der Waals surface area contributed by atoms with Crippen LogP contribution in [0.5, 0.6) is 0 Å². The zero-order valence-corrected chi connectivity index (χ0v) is 11.7. The lowest BCUT2D eigenvalue weighted by atomic mass is 9.84. The third-order valence-corrected chi connectivity index (χ3v) is 3.74. The van der Waals surface area contributed by atoms with E-state index in [0.29, 0.717) is 12.2 Å². The Hall–Kier alpha value is -0.970. The summed E-state index contributed by atoms with van der Waals surface area (Å²) in [5, 5.41) is 3.42. The van der Waals surface area contributed by atoms with Crippen LogP contribution in [0, 0.1) is 5.82 Å². The number of hydrogen-bond donors (Lipinski definition) is 1. The van der Waals surface area contributed by atoms with Crippen LogP contribution in [-0.2, 0) is 9.47 Å². The van der Waals surface area contributed by atoms with Crippen LogP contribution in [0.1, 0.15) is 31.9 Å². The molecule has 2 rings (SSSR count). The average molecular weight is 267 g/mol. The fourth-order valence-electron chi connectivity index (χ4n) is 2.67. The van der Waals surface area contributed by atoms with Gasteiger partial charge >= 0.3 is 0 Å². The fourth-order valence-corrected chi connectivity index (χ4v) is 2.67. The van der Waals surface area contributed by atoms with E-state index in [1.165, 1.54) is 6.07 Å². The Kier molecular flexibility index (Phi) is 4.91. The number of benzene rings is 1. The molecule has 1 aliphatic rings. The number of rotatable bonds is 6. The first-order chi connectivity index (χ1) is 9.17. The lowest BCUT2D eigenvalue weighted by Gasteiger charge is -2.44. The Morgan fingerprint density at radius 3 is 2.79 bits per heavy atom. The maximum absolute atomic E-state index is 13.7. The van der Waals surface area contributed by atoms with E-state index in [1.807, 2.05) is 26.0 Å². The molecule has 0 saturated heterocycles. The molecule has 1 aliphatic carbocycles. The van der Waals surface area contributed by atoms with E-state index in [2.05, 4.69) is 5.32 Å². The lowest BCUT2D eigenvalue weighted by Crippen LogP contribution is -2.60. The molecule has 0 aromatic heterocycles. The van der Waals surface area contributed by atoms with Gasteiger partial charge in [0.2, 0.25) is 0 Å². The average Bonchev–Trinajstić information content (AvgIpc) is 2.38. The molecular weight excluding hydrogens is 245 g/mol. The van der Waals surface area contributed by atoms with Gasteiger partial charge in [-0.15, -0.1) is 0 Å². The first-order valence-corrected chi connectivity index (χ1v) is 6.82. The van der Waals surface area contributed by atoms with E-state index in [1.54, 1.807) is 13.2 Å². The number of ether oxygens (including phenoxy) is 2. The van der Waals surface area contributed by atoms with Gasteiger partial charge in [-0.2, -0.15) is 0 Å². The first kappa shape index (κ1) is 14.4. The van der Waals surface area contributed by atoms with Crippen LogP contribution in [0.4, 0.5) is 4.39 Å². The summed E-state index contributed by atoms with van der Waals surface area (Å²) >= 11 is 0. The minimum absolute atomic E-state index is 0.0357. The van der Waals surface area contributed by atoms with Crippen LogP contribution in [0.3, 0.4) is 0 Å². The van der Waals surface area contributed by atoms with Crippen LogP contribution < -0.4 is 5.32 Å². The van der Waals surface area contributed by atoms with E-state index in [-0.39, 0.29) is 30.1 Å². The van der Waals surface area contributed by atoms with Crippen molar-refractivity contribution >= 4 is 0 Å². The fraction of sp³-hybridized carbons (Fsp3) is 0.600. The Bertz CT molecular complexity index is 413. The second-order valence-corrected chi connectivity index (χ2v) is 4.95. The van der Waals surface area contributed by atoms with E-state index < -0.39 is 0 Å². The zero-order valence-electron chi connectivity index (χ0n) is 11.7. The van der Waals surface area contributed by atoms with Crippen molar-refractivity contribution in [3.63, 3.8) is 0 Å². The maximum atomic E-state index is 13.7. The molecule has 19 heavy (non-hydrogen) atoms. The summed E-state index contributed by atoms with van der Waals surface area (Å²) in [6, 6.07) is 7.05. The second kappa shape index (κ2) is 6.46. The van der Waals surface area contributed by atoms with Gasteiger partial charge in [-0.1, -0.05) is 18.2 Å². The van der Waals surface area contributed by atoms with Gasteiger partial charge < -0.3 is 14.8 Å². The molecule has 106 valence electrons. The minimum atomic E-state index is -0.169. The molecule has 3 nitrogen and oxygen atoms in total. The Labute approximate surface area is 114 Å². The number of hydrogen-bond acceptors (Lipinski definition) is 3. The Morgan fingerprint density at radius 1 is 1.42 bits per heavy atom. The predicted octanol–water partition coefficient (Wildman–Crippen LogP) is 2.67. The van der Waals surface area contributed by atoms with Crippen LogP contribution in [0.15, 0.2) is 24.3 Å². The Morgan fingerprint density at radius 2 is 2.16 bits per heavy atom. The summed E-state index contributed by atoms with van der Waals surface area (Å²) in [7, 11) is 1.69. The molecule has 1 saturated carbocycles. The molecule has 4 atom stereocenters. The number of methoxy groups -OCH3 is 1. The largest absolute Gasteiger partial charge is 0.377 e. The quantitative estimate of drug-likeness (QED) is 0.859. The van der Waals surface area contributed by atoms with Crippen LogP contribution in [0.25, 0.3) is 0 Å². The van der Waals surface area contributed by atoms with E-state index in [0.717, 1.165) is 6.42 Å². The molecule has 0 bridgehead atoms. The summed E-state index contributed by atoms with van der Waals surface area (Å²) in [5.74, 6) is -0.169. The lowest BCUT2D eigenvalue weighted by molar-refractivity contribution is -0.133. The predicted molar refractivity (Wildman–Crippen MR) is 72.6 cm³/mol. The van der Waals surface area contributed by atoms with Gasteiger partial charge in [0.1, 0.15) is 5.82 Å². The normalized spacial score (nSPS) is 27.9. The highest BCUT2D eigenvalue weighted by Crippen LogP contribution is 2.29. The SMILES string of the molecule is CCOC1CC(NC(C)c2ccccc2F)C1OC. The van der Waals surface area contributed by atoms with Gasteiger partial charge in [0.25, 0.3) is 0 Å². The van der Waals surface area contributed by atoms with Gasteiger partial charge in [0.05, 0.1) is 12.2 Å². The summed E-state index contributed by atoms with van der Waals surface area (Å²) < 4.78 is 24.7. The van der Waals surface area contributed by atoms with Crippen LogP contribution in [0.2, 0.25) is 0 Å². The molecular formula is C15H22FNO2. The Balaban J connectivity index is 1.93. The van der Waals surface area contributed by atoms with Crippen molar-refractivity contribution in [2.45, 2.75) is 44.6 Å². The van der Waals surface area contributed by atoms with Crippen molar-refractivity contribution < 1.29 is 13.9 Å². The van der Waals surface area contributed by atoms with Crippen molar-refractivity contribution in [3.05, 3.63) is 35.6 Å². The molecule has 0 aliphatic heterocycles. The standard InChI is InChI=1S/C15H22FNO2/c1-4-19-14-9-13(15(14)18-3)17-10(2)11-7-5-6-8-12(11)16/h5-8,10,13-15,17H,4,9H2,1-3H3. The van der Waals surface area contributed by atoms with Crippen molar-refractivity contribution in [2.24, 2.45) is 0 Å². The molecule has 0 radical (unpaired) electrons. The molecule has 0 spiro atoms. The van der Waals surface area contributed by atoms with Crippen molar-refractivity contribution in [2.75, 3.05) is 13.7 Å². The monoisotopic (exact) mass is 267 g/mol. The van der Waals surface area contributed by atoms with E-state index in [4.69, 9.17) is 9.47 Å². The smallest absolute Gasteiger partial charge is 0.127 e. The summed E-state index contributed by atoms with van der Waals surface area (Å²) in [5.41, 5.74) is 0.692. The van der Waals surface area contributed by atoms with Crippen molar-refractivity contribution in [1.82, 2.24) is 5.32 Å². The highest BCUT2D eigenvalue weighted by atomic mass is 19.1. The highest BCUT2D eigenvalue weighted by molar-refractivity contribution is 5.21.